The van der Waals surface area contributed by atoms with Gasteiger partial charge in [-0.25, -0.2) is 4.98 Å². The molecule has 74 valence electrons. The van der Waals surface area contributed by atoms with Crippen LogP contribution in [0.1, 0.15) is 5.69 Å². The molecule has 0 unspecified atom stereocenters. The van der Waals surface area contributed by atoms with Crippen molar-refractivity contribution in [3.8, 4) is 11.4 Å². The van der Waals surface area contributed by atoms with E-state index in [0.717, 1.165) is 16.9 Å². The Bertz CT molecular complexity index is 561. The van der Waals surface area contributed by atoms with E-state index in [1.807, 2.05) is 25.1 Å². The average Bonchev–Trinajstić information content (AvgIpc) is 2.76. The monoisotopic (exact) mass is 199 g/mol. The van der Waals surface area contributed by atoms with Gasteiger partial charge in [0.25, 0.3) is 0 Å². The number of fused-ring (bicyclic) bond motifs is 1. The summed E-state index contributed by atoms with van der Waals surface area (Å²) in [6.07, 6.45) is 3.48. The molecule has 5 nitrogen and oxygen atoms in total. The second kappa shape index (κ2) is 2.91. The van der Waals surface area contributed by atoms with Crippen molar-refractivity contribution >= 4 is 5.65 Å². The van der Waals surface area contributed by atoms with E-state index < -0.39 is 0 Å². The Hall–Kier alpha value is -2.17. The summed E-state index contributed by atoms with van der Waals surface area (Å²) >= 11 is 0. The van der Waals surface area contributed by atoms with E-state index in [1.54, 1.807) is 17.0 Å². The maximum absolute atomic E-state index is 4.38. The van der Waals surface area contributed by atoms with Gasteiger partial charge in [0.1, 0.15) is 0 Å². The maximum atomic E-state index is 4.38. The Morgan fingerprint density at radius 2 is 2.33 bits per heavy atom. The molecule has 3 aromatic heterocycles. The molecule has 0 aliphatic carbocycles. The number of H-pyrrole nitrogens is 1. The third-order valence-electron chi connectivity index (χ3n) is 2.18. The van der Waals surface area contributed by atoms with Gasteiger partial charge in [-0.15, -0.1) is 5.10 Å². The predicted octanol–water partition coefficient (Wildman–Crippen LogP) is 1.43. The zero-order chi connectivity index (χ0) is 10.3. The molecule has 0 fully saturated rings. The number of nitrogens with one attached hydrogen (secondary N) is 1. The minimum absolute atomic E-state index is 0.689. The molecule has 0 aromatic carbocycles. The summed E-state index contributed by atoms with van der Waals surface area (Å²) in [5.74, 6) is 0.689. The molecule has 0 radical (unpaired) electrons. The van der Waals surface area contributed by atoms with Crippen LogP contribution in [0.5, 0.6) is 0 Å². The van der Waals surface area contributed by atoms with Crippen LogP contribution in [-0.2, 0) is 0 Å². The molecule has 0 amide bonds. The standard InChI is InChI=1S/C10H9N5/c1-7-5-9-12-10(14-15(9)13-7)8-3-2-4-11-6-8/h2-6,13H,1H3. The van der Waals surface area contributed by atoms with E-state index in [-0.39, 0.29) is 0 Å². The first-order chi connectivity index (χ1) is 7.33. The van der Waals surface area contributed by atoms with E-state index in [9.17, 15) is 0 Å². The predicted molar refractivity (Wildman–Crippen MR) is 55.3 cm³/mol. The van der Waals surface area contributed by atoms with Crippen molar-refractivity contribution in [1.82, 2.24) is 24.8 Å². The van der Waals surface area contributed by atoms with Gasteiger partial charge in [-0.05, 0) is 19.1 Å². The van der Waals surface area contributed by atoms with Crippen molar-refractivity contribution in [1.29, 1.82) is 0 Å². The number of aromatic amines is 1. The van der Waals surface area contributed by atoms with Gasteiger partial charge in [0.2, 0.25) is 0 Å². The zero-order valence-electron chi connectivity index (χ0n) is 8.18. The molecule has 0 aliphatic heterocycles. The number of aryl methyl sites for hydroxylation is 1. The van der Waals surface area contributed by atoms with Crippen LogP contribution in [0.2, 0.25) is 0 Å². The third kappa shape index (κ3) is 1.28. The Morgan fingerprint density at radius 3 is 3.07 bits per heavy atom. The molecule has 0 bridgehead atoms. The van der Waals surface area contributed by atoms with Gasteiger partial charge < -0.3 is 0 Å². The number of aromatic nitrogens is 5. The first-order valence-electron chi connectivity index (χ1n) is 4.66. The van der Waals surface area contributed by atoms with Crippen LogP contribution < -0.4 is 0 Å². The number of pyridine rings is 1. The molecular weight excluding hydrogens is 190 g/mol. The van der Waals surface area contributed by atoms with Crippen LogP contribution in [0.25, 0.3) is 17.0 Å². The number of hydrogen-bond donors (Lipinski definition) is 1. The average molecular weight is 199 g/mol. The lowest BCUT2D eigenvalue weighted by Crippen LogP contribution is -1.88. The van der Waals surface area contributed by atoms with Crippen molar-refractivity contribution in [2.45, 2.75) is 6.92 Å². The molecule has 3 aromatic rings. The highest BCUT2D eigenvalue weighted by atomic mass is 15.5. The zero-order valence-corrected chi connectivity index (χ0v) is 8.18. The smallest absolute Gasteiger partial charge is 0.185 e. The molecule has 5 heteroatoms. The van der Waals surface area contributed by atoms with Crippen LogP contribution in [0.15, 0.2) is 30.6 Å². The van der Waals surface area contributed by atoms with Gasteiger partial charge in [-0.3, -0.25) is 10.1 Å². The number of hydrogen-bond acceptors (Lipinski definition) is 3. The molecule has 0 spiro atoms. The van der Waals surface area contributed by atoms with Crippen LogP contribution in [0.4, 0.5) is 0 Å². The van der Waals surface area contributed by atoms with E-state index in [1.165, 1.54) is 0 Å². The lowest BCUT2D eigenvalue weighted by atomic mass is 10.3. The number of nitrogens with zero attached hydrogens (tertiary/aromatic N) is 4. The van der Waals surface area contributed by atoms with Gasteiger partial charge in [-0.1, -0.05) is 0 Å². The highest BCUT2D eigenvalue weighted by molar-refractivity contribution is 5.56. The largest absolute Gasteiger partial charge is 0.281 e. The van der Waals surface area contributed by atoms with Gasteiger partial charge in [0.05, 0.1) is 0 Å². The summed E-state index contributed by atoms with van der Waals surface area (Å²) in [5, 5.41) is 7.39. The normalized spacial score (nSPS) is 11.0. The summed E-state index contributed by atoms with van der Waals surface area (Å²) in [6, 6.07) is 5.76. The van der Waals surface area contributed by atoms with Crippen molar-refractivity contribution in [2.24, 2.45) is 0 Å². The van der Waals surface area contributed by atoms with Crippen LogP contribution in [0, 0.1) is 6.92 Å². The Kier molecular flexibility index (Phi) is 1.58. The molecule has 1 N–H and O–H groups in total. The summed E-state index contributed by atoms with van der Waals surface area (Å²) < 4.78 is 1.66. The highest BCUT2D eigenvalue weighted by Gasteiger charge is 2.07. The topological polar surface area (TPSA) is 58.9 Å². The molecule has 3 heterocycles. The second-order valence-electron chi connectivity index (χ2n) is 3.39. The molecule has 15 heavy (non-hydrogen) atoms. The Labute approximate surface area is 85.8 Å². The van der Waals surface area contributed by atoms with E-state index >= 15 is 0 Å². The molecule has 0 aliphatic rings. The van der Waals surface area contributed by atoms with E-state index in [4.69, 9.17) is 0 Å². The van der Waals surface area contributed by atoms with Crippen molar-refractivity contribution in [3.05, 3.63) is 36.3 Å². The Balaban J connectivity index is 2.16. The second-order valence-corrected chi connectivity index (χ2v) is 3.39. The molecule has 0 atom stereocenters. The molecule has 0 saturated heterocycles. The lowest BCUT2D eigenvalue weighted by Gasteiger charge is -1.90. The SMILES string of the molecule is Cc1cc2nc(-c3cccnc3)nn2[nH]1. The van der Waals surface area contributed by atoms with Gasteiger partial charge in [0, 0.05) is 29.7 Å². The van der Waals surface area contributed by atoms with E-state index in [0.29, 0.717) is 5.82 Å². The molecular formula is C10H9N5. The van der Waals surface area contributed by atoms with Crippen LogP contribution in [0.3, 0.4) is 0 Å². The molecule has 3 rings (SSSR count). The highest BCUT2D eigenvalue weighted by Crippen LogP contribution is 2.14. The Morgan fingerprint density at radius 1 is 1.40 bits per heavy atom. The van der Waals surface area contributed by atoms with Crippen molar-refractivity contribution in [2.75, 3.05) is 0 Å². The third-order valence-corrected chi connectivity index (χ3v) is 2.18. The van der Waals surface area contributed by atoms with Crippen LogP contribution >= 0.6 is 0 Å². The fourth-order valence-electron chi connectivity index (χ4n) is 1.51. The minimum atomic E-state index is 0.689. The van der Waals surface area contributed by atoms with Crippen LogP contribution in [-0.4, -0.2) is 24.8 Å². The summed E-state index contributed by atoms with van der Waals surface area (Å²) in [6.45, 7) is 1.97. The van der Waals surface area contributed by atoms with Crippen molar-refractivity contribution < 1.29 is 0 Å². The quantitative estimate of drug-likeness (QED) is 0.645. The summed E-state index contributed by atoms with van der Waals surface area (Å²) in [7, 11) is 0. The summed E-state index contributed by atoms with van der Waals surface area (Å²) in [5.41, 5.74) is 2.79. The number of rotatable bonds is 1. The van der Waals surface area contributed by atoms with E-state index in [2.05, 4.69) is 20.2 Å². The lowest BCUT2D eigenvalue weighted by molar-refractivity contribution is 0.810. The van der Waals surface area contributed by atoms with Crippen molar-refractivity contribution in [3.63, 3.8) is 0 Å². The summed E-state index contributed by atoms with van der Waals surface area (Å²) in [4.78, 5) is 8.42. The fraction of sp³-hybridized carbons (Fsp3) is 0.100. The van der Waals surface area contributed by atoms with Gasteiger partial charge >= 0.3 is 0 Å². The molecule has 0 saturated carbocycles. The fourth-order valence-corrected chi connectivity index (χ4v) is 1.51. The van der Waals surface area contributed by atoms with Gasteiger partial charge in [-0.2, -0.15) is 4.63 Å². The van der Waals surface area contributed by atoms with Gasteiger partial charge in [0.15, 0.2) is 11.5 Å². The maximum Gasteiger partial charge on any atom is 0.185 e. The first kappa shape index (κ1) is 8.16. The minimum Gasteiger partial charge on any atom is -0.281 e. The first-order valence-corrected chi connectivity index (χ1v) is 4.66.